The molecule has 0 radical (unpaired) electrons. The molecule has 0 aromatic carbocycles. The van der Waals surface area contributed by atoms with E-state index in [4.69, 9.17) is 4.84 Å². The fraction of sp³-hybridized carbons (Fsp3) is 0.833. The SMILES string of the molecule is CCOC(=O)N1CC(C)O1. The first-order chi connectivity index (χ1) is 4.74. The molecule has 1 atom stereocenters. The van der Waals surface area contributed by atoms with E-state index in [2.05, 4.69) is 4.74 Å². The Balaban J connectivity index is 2.18. The van der Waals surface area contributed by atoms with Crippen LogP contribution in [0.1, 0.15) is 13.8 Å². The molecule has 0 saturated carbocycles. The smallest absolute Gasteiger partial charge is 0.434 e. The van der Waals surface area contributed by atoms with Gasteiger partial charge in [-0.15, -0.1) is 0 Å². The van der Waals surface area contributed by atoms with Crippen molar-refractivity contribution >= 4 is 6.09 Å². The van der Waals surface area contributed by atoms with E-state index in [1.807, 2.05) is 6.92 Å². The highest BCUT2D eigenvalue weighted by molar-refractivity contribution is 5.66. The van der Waals surface area contributed by atoms with E-state index in [1.165, 1.54) is 5.06 Å². The number of hydroxylamine groups is 2. The van der Waals surface area contributed by atoms with Gasteiger partial charge in [-0.3, -0.25) is 4.84 Å². The van der Waals surface area contributed by atoms with Gasteiger partial charge in [0.15, 0.2) is 0 Å². The molecule has 0 N–H and O–H groups in total. The predicted octanol–water partition coefficient (Wildman–Crippen LogP) is 0.779. The summed E-state index contributed by atoms with van der Waals surface area (Å²) in [5.41, 5.74) is 0. The van der Waals surface area contributed by atoms with Gasteiger partial charge in [-0.25, -0.2) is 4.79 Å². The Morgan fingerprint density at radius 3 is 2.90 bits per heavy atom. The molecule has 0 aromatic heterocycles. The van der Waals surface area contributed by atoms with Crippen LogP contribution >= 0.6 is 0 Å². The van der Waals surface area contributed by atoms with E-state index in [0.29, 0.717) is 13.2 Å². The fourth-order valence-electron chi connectivity index (χ4n) is 0.755. The van der Waals surface area contributed by atoms with Crippen LogP contribution in [0.15, 0.2) is 0 Å². The maximum absolute atomic E-state index is 10.7. The minimum atomic E-state index is -0.388. The standard InChI is InChI=1S/C6H11NO3/c1-3-9-6(8)7-4-5(2)10-7/h5H,3-4H2,1-2H3. The summed E-state index contributed by atoms with van der Waals surface area (Å²) < 4.78 is 4.66. The van der Waals surface area contributed by atoms with Crippen LogP contribution in [-0.2, 0) is 9.57 Å². The summed E-state index contributed by atoms with van der Waals surface area (Å²) >= 11 is 0. The number of carbonyl (C=O) groups is 1. The summed E-state index contributed by atoms with van der Waals surface area (Å²) in [5, 5.41) is 1.22. The van der Waals surface area contributed by atoms with Gasteiger partial charge in [0.1, 0.15) is 6.10 Å². The van der Waals surface area contributed by atoms with Crippen LogP contribution in [0.25, 0.3) is 0 Å². The molecule has 1 unspecified atom stereocenters. The van der Waals surface area contributed by atoms with Crippen molar-refractivity contribution in [2.24, 2.45) is 0 Å². The molecular weight excluding hydrogens is 134 g/mol. The minimum Gasteiger partial charge on any atom is -0.448 e. The molecule has 4 nitrogen and oxygen atoms in total. The first-order valence-electron chi connectivity index (χ1n) is 3.35. The van der Waals surface area contributed by atoms with Gasteiger partial charge in [-0.05, 0) is 13.8 Å². The summed E-state index contributed by atoms with van der Waals surface area (Å²) in [4.78, 5) is 15.7. The number of nitrogens with zero attached hydrogens (tertiary/aromatic N) is 1. The largest absolute Gasteiger partial charge is 0.448 e. The van der Waals surface area contributed by atoms with Crippen molar-refractivity contribution in [3.8, 4) is 0 Å². The Morgan fingerprint density at radius 1 is 1.90 bits per heavy atom. The van der Waals surface area contributed by atoms with Crippen molar-refractivity contribution in [1.82, 2.24) is 5.06 Å². The number of hydrogen-bond acceptors (Lipinski definition) is 3. The van der Waals surface area contributed by atoms with Gasteiger partial charge in [0.25, 0.3) is 0 Å². The molecule has 1 saturated heterocycles. The van der Waals surface area contributed by atoms with E-state index < -0.39 is 0 Å². The van der Waals surface area contributed by atoms with E-state index >= 15 is 0 Å². The molecule has 1 heterocycles. The van der Waals surface area contributed by atoms with Crippen molar-refractivity contribution in [2.45, 2.75) is 20.0 Å². The first-order valence-corrected chi connectivity index (χ1v) is 3.35. The number of rotatable bonds is 1. The number of hydrogen-bond donors (Lipinski definition) is 0. The Labute approximate surface area is 59.7 Å². The number of ether oxygens (including phenoxy) is 1. The zero-order valence-electron chi connectivity index (χ0n) is 6.16. The minimum absolute atomic E-state index is 0.157. The Bertz CT molecular complexity index is 131. The van der Waals surface area contributed by atoms with Gasteiger partial charge >= 0.3 is 6.09 Å². The second-order valence-corrected chi connectivity index (χ2v) is 2.18. The maximum atomic E-state index is 10.7. The van der Waals surface area contributed by atoms with Crippen molar-refractivity contribution in [3.63, 3.8) is 0 Å². The van der Waals surface area contributed by atoms with E-state index in [9.17, 15) is 4.79 Å². The van der Waals surface area contributed by atoms with Crippen molar-refractivity contribution in [2.75, 3.05) is 13.2 Å². The summed E-state index contributed by atoms with van der Waals surface area (Å²) in [6, 6.07) is 0. The Hall–Kier alpha value is -0.770. The quantitative estimate of drug-likeness (QED) is 0.547. The monoisotopic (exact) mass is 145 g/mol. The Morgan fingerprint density at radius 2 is 2.50 bits per heavy atom. The third-order valence-corrected chi connectivity index (χ3v) is 1.20. The highest BCUT2D eigenvalue weighted by Gasteiger charge is 2.29. The fourth-order valence-corrected chi connectivity index (χ4v) is 0.755. The molecule has 1 rings (SSSR count). The molecule has 1 aliphatic rings. The van der Waals surface area contributed by atoms with Gasteiger partial charge in [0.05, 0.1) is 13.2 Å². The zero-order valence-corrected chi connectivity index (χ0v) is 6.16. The van der Waals surface area contributed by atoms with Crippen molar-refractivity contribution in [3.05, 3.63) is 0 Å². The van der Waals surface area contributed by atoms with Crippen LogP contribution < -0.4 is 0 Å². The zero-order chi connectivity index (χ0) is 7.56. The van der Waals surface area contributed by atoms with Crippen LogP contribution in [0.4, 0.5) is 4.79 Å². The summed E-state index contributed by atoms with van der Waals surface area (Å²) in [5.74, 6) is 0. The molecule has 4 heteroatoms. The molecule has 1 aliphatic heterocycles. The third kappa shape index (κ3) is 1.39. The summed E-state index contributed by atoms with van der Waals surface area (Å²) in [7, 11) is 0. The van der Waals surface area contributed by atoms with Gasteiger partial charge in [-0.1, -0.05) is 0 Å². The van der Waals surface area contributed by atoms with Crippen LogP contribution in [0.2, 0.25) is 0 Å². The second-order valence-electron chi connectivity index (χ2n) is 2.18. The summed E-state index contributed by atoms with van der Waals surface area (Å²) in [6.07, 6.45) is -0.231. The summed E-state index contributed by atoms with van der Waals surface area (Å²) in [6.45, 7) is 4.70. The topological polar surface area (TPSA) is 38.8 Å². The molecule has 0 aromatic rings. The molecule has 0 aliphatic carbocycles. The van der Waals surface area contributed by atoms with Crippen LogP contribution in [0.3, 0.4) is 0 Å². The number of amides is 1. The molecule has 0 spiro atoms. The normalized spacial score (nSPS) is 23.8. The third-order valence-electron chi connectivity index (χ3n) is 1.20. The van der Waals surface area contributed by atoms with Crippen molar-refractivity contribution in [1.29, 1.82) is 0 Å². The van der Waals surface area contributed by atoms with Crippen LogP contribution in [0.5, 0.6) is 0 Å². The lowest BCUT2D eigenvalue weighted by molar-refractivity contribution is -0.262. The van der Waals surface area contributed by atoms with Crippen LogP contribution in [-0.4, -0.2) is 30.4 Å². The van der Waals surface area contributed by atoms with Crippen LogP contribution in [0, 0.1) is 0 Å². The van der Waals surface area contributed by atoms with Gasteiger partial charge in [0.2, 0.25) is 0 Å². The predicted molar refractivity (Wildman–Crippen MR) is 34.3 cm³/mol. The maximum Gasteiger partial charge on any atom is 0.434 e. The van der Waals surface area contributed by atoms with E-state index in [1.54, 1.807) is 6.92 Å². The van der Waals surface area contributed by atoms with E-state index in [-0.39, 0.29) is 12.2 Å². The Kier molecular flexibility index (Phi) is 2.11. The second kappa shape index (κ2) is 2.88. The van der Waals surface area contributed by atoms with Gasteiger partial charge < -0.3 is 4.74 Å². The van der Waals surface area contributed by atoms with E-state index in [0.717, 1.165) is 0 Å². The number of carbonyl (C=O) groups excluding carboxylic acids is 1. The lowest BCUT2D eigenvalue weighted by Crippen LogP contribution is -2.50. The van der Waals surface area contributed by atoms with Gasteiger partial charge in [0, 0.05) is 0 Å². The first kappa shape index (κ1) is 7.34. The molecular formula is C6H11NO3. The molecule has 10 heavy (non-hydrogen) atoms. The highest BCUT2D eigenvalue weighted by atomic mass is 16.8. The molecule has 58 valence electrons. The highest BCUT2D eigenvalue weighted by Crippen LogP contribution is 2.12. The van der Waals surface area contributed by atoms with Crippen molar-refractivity contribution < 1.29 is 14.4 Å². The average molecular weight is 145 g/mol. The lowest BCUT2D eigenvalue weighted by Gasteiger charge is -2.34. The van der Waals surface area contributed by atoms with Gasteiger partial charge in [-0.2, -0.15) is 5.06 Å². The molecule has 1 fully saturated rings. The average Bonchev–Trinajstić information content (AvgIpc) is 1.82. The molecule has 1 amide bonds. The molecule has 0 bridgehead atoms. The lowest BCUT2D eigenvalue weighted by atomic mass is 10.3.